The first-order valence-electron chi connectivity index (χ1n) is 13.1. The minimum atomic E-state index is 0.558. The monoisotopic (exact) mass is 496 g/mol. The molecule has 1 aliphatic rings. The van der Waals surface area contributed by atoms with Gasteiger partial charge in [-0.25, -0.2) is 0 Å². The summed E-state index contributed by atoms with van der Waals surface area (Å²) in [6, 6.07) is 26.9. The second-order valence-corrected chi connectivity index (χ2v) is 9.77. The maximum Gasteiger partial charge on any atom is 0.151 e. The Labute approximate surface area is 219 Å². The zero-order valence-electron chi connectivity index (χ0n) is 21.8. The Morgan fingerprint density at radius 2 is 1.68 bits per heavy atom. The molecule has 0 bridgehead atoms. The van der Waals surface area contributed by atoms with Gasteiger partial charge in [-0.05, 0) is 55.3 Å². The SMILES string of the molecule is Cc1ccc(N2CCN(CCNCc3cc(-c4ccc(OCc5ccccc5)cc4)no3)CC2)c(C)c1. The molecule has 6 heteroatoms. The average molecular weight is 497 g/mol. The molecule has 3 aromatic carbocycles. The average Bonchev–Trinajstić information content (AvgIpc) is 3.40. The Kier molecular flexibility index (Phi) is 8.18. The molecule has 0 unspecified atom stereocenters. The zero-order chi connectivity index (χ0) is 25.5. The number of ether oxygens (including phenoxy) is 1. The molecule has 1 aromatic heterocycles. The smallest absolute Gasteiger partial charge is 0.151 e. The fraction of sp³-hybridized carbons (Fsp3) is 0.323. The molecule has 0 amide bonds. The number of hydrogen-bond acceptors (Lipinski definition) is 6. The lowest BCUT2D eigenvalue weighted by atomic mass is 10.1. The van der Waals surface area contributed by atoms with Crippen molar-refractivity contribution in [2.45, 2.75) is 27.0 Å². The summed E-state index contributed by atoms with van der Waals surface area (Å²) in [5.41, 5.74) is 7.08. The van der Waals surface area contributed by atoms with Gasteiger partial charge in [0.15, 0.2) is 5.76 Å². The molecule has 6 nitrogen and oxygen atoms in total. The van der Waals surface area contributed by atoms with Crippen molar-refractivity contribution >= 4 is 5.69 Å². The molecular weight excluding hydrogens is 460 g/mol. The fourth-order valence-corrected chi connectivity index (χ4v) is 4.82. The number of benzene rings is 3. The standard InChI is InChI=1S/C31H36N4O2/c1-24-8-13-31(25(2)20-24)35-18-16-34(17-19-35)15-14-32-22-29-21-30(33-37-29)27-9-11-28(12-10-27)36-23-26-6-4-3-5-7-26/h3-13,20-21,32H,14-19,22-23H2,1-2H3. The highest BCUT2D eigenvalue weighted by molar-refractivity contribution is 5.60. The van der Waals surface area contributed by atoms with E-state index in [4.69, 9.17) is 9.26 Å². The van der Waals surface area contributed by atoms with E-state index in [1.54, 1.807) is 0 Å². The molecular formula is C31H36N4O2. The van der Waals surface area contributed by atoms with Crippen LogP contribution in [0.3, 0.4) is 0 Å². The summed E-state index contributed by atoms with van der Waals surface area (Å²) in [7, 11) is 0. The lowest BCUT2D eigenvalue weighted by Gasteiger charge is -2.37. The van der Waals surface area contributed by atoms with Crippen LogP contribution in [0.2, 0.25) is 0 Å². The Hall–Kier alpha value is -3.61. The second-order valence-electron chi connectivity index (χ2n) is 9.77. The molecule has 1 aliphatic heterocycles. The van der Waals surface area contributed by atoms with E-state index in [1.807, 2.05) is 48.5 Å². The predicted octanol–water partition coefficient (Wildman–Crippen LogP) is 5.45. The van der Waals surface area contributed by atoms with Crippen molar-refractivity contribution in [1.82, 2.24) is 15.4 Å². The maximum absolute atomic E-state index is 5.88. The van der Waals surface area contributed by atoms with Gasteiger partial charge in [-0.15, -0.1) is 0 Å². The summed E-state index contributed by atoms with van der Waals surface area (Å²) >= 11 is 0. The van der Waals surface area contributed by atoms with E-state index in [1.165, 1.54) is 16.8 Å². The maximum atomic E-state index is 5.88. The minimum Gasteiger partial charge on any atom is -0.489 e. The van der Waals surface area contributed by atoms with E-state index in [2.05, 4.69) is 64.5 Å². The molecule has 1 N–H and O–H groups in total. The number of nitrogens with zero attached hydrogens (tertiary/aromatic N) is 3. The van der Waals surface area contributed by atoms with E-state index in [0.717, 1.165) is 67.6 Å². The fourth-order valence-electron chi connectivity index (χ4n) is 4.82. The lowest BCUT2D eigenvalue weighted by molar-refractivity contribution is 0.255. The normalized spacial score (nSPS) is 14.2. The Bertz CT molecular complexity index is 1260. The Morgan fingerprint density at radius 1 is 0.892 bits per heavy atom. The molecule has 0 spiro atoms. The number of piperazine rings is 1. The summed E-state index contributed by atoms with van der Waals surface area (Å²) < 4.78 is 11.4. The van der Waals surface area contributed by atoms with E-state index < -0.39 is 0 Å². The Balaban J connectivity index is 1.02. The van der Waals surface area contributed by atoms with Gasteiger partial charge >= 0.3 is 0 Å². The van der Waals surface area contributed by atoms with Crippen molar-refractivity contribution in [2.75, 3.05) is 44.2 Å². The van der Waals surface area contributed by atoms with Gasteiger partial charge in [0.25, 0.3) is 0 Å². The first kappa shape index (κ1) is 25.1. The molecule has 1 fully saturated rings. The third kappa shape index (κ3) is 6.79. The molecule has 0 saturated carbocycles. The van der Waals surface area contributed by atoms with Gasteiger partial charge in [-0.2, -0.15) is 0 Å². The van der Waals surface area contributed by atoms with Crippen LogP contribution in [0.1, 0.15) is 22.5 Å². The molecule has 1 saturated heterocycles. The first-order chi connectivity index (χ1) is 18.1. The highest BCUT2D eigenvalue weighted by Crippen LogP contribution is 2.24. The highest BCUT2D eigenvalue weighted by Gasteiger charge is 2.18. The zero-order valence-corrected chi connectivity index (χ0v) is 21.8. The van der Waals surface area contributed by atoms with Crippen LogP contribution in [0, 0.1) is 13.8 Å². The summed E-state index contributed by atoms with van der Waals surface area (Å²) in [4.78, 5) is 5.04. The number of aryl methyl sites for hydroxylation is 2. The van der Waals surface area contributed by atoms with Gasteiger partial charge in [0.05, 0.1) is 6.54 Å². The molecule has 5 rings (SSSR count). The van der Waals surface area contributed by atoms with E-state index in [9.17, 15) is 0 Å². The number of hydrogen-bond donors (Lipinski definition) is 1. The van der Waals surface area contributed by atoms with Crippen LogP contribution in [0.25, 0.3) is 11.3 Å². The minimum absolute atomic E-state index is 0.558. The van der Waals surface area contributed by atoms with Crippen molar-refractivity contribution in [3.63, 3.8) is 0 Å². The van der Waals surface area contributed by atoms with Crippen LogP contribution in [0.5, 0.6) is 5.75 Å². The van der Waals surface area contributed by atoms with Gasteiger partial charge in [0.1, 0.15) is 18.1 Å². The van der Waals surface area contributed by atoms with E-state index in [0.29, 0.717) is 13.2 Å². The topological polar surface area (TPSA) is 53.8 Å². The van der Waals surface area contributed by atoms with Gasteiger partial charge in [-0.3, -0.25) is 4.90 Å². The van der Waals surface area contributed by atoms with E-state index in [-0.39, 0.29) is 0 Å². The third-order valence-corrected chi connectivity index (χ3v) is 6.93. The van der Waals surface area contributed by atoms with Crippen LogP contribution in [0.4, 0.5) is 5.69 Å². The van der Waals surface area contributed by atoms with Gasteiger partial charge in [0.2, 0.25) is 0 Å². The lowest BCUT2D eigenvalue weighted by Crippen LogP contribution is -2.48. The van der Waals surface area contributed by atoms with Crippen molar-refractivity contribution in [2.24, 2.45) is 0 Å². The molecule has 0 atom stereocenters. The van der Waals surface area contributed by atoms with Crippen molar-refractivity contribution < 1.29 is 9.26 Å². The third-order valence-electron chi connectivity index (χ3n) is 6.93. The van der Waals surface area contributed by atoms with Gasteiger partial charge < -0.3 is 19.5 Å². The quantitative estimate of drug-likeness (QED) is 0.295. The van der Waals surface area contributed by atoms with Crippen LogP contribution >= 0.6 is 0 Å². The number of rotatable bonds is 10. The number of anilines is 1. The van der Waals surface area contributed by atoms with Crippen molar-refractivity contribution in [3.8, 4) is 17.0 Å². The molecule has 37 heavy (non-hydrogen) atoms. The first-order valence-corrected chi connectivity index (χ1v) is 13.1. The van der Waals surface area contributed by atoms with Crippen LogP contribution in [-0.2, 0) is 13.2 Å². The summed E-state index contributed by atoms with van der Waals surface area (Å²) in [6.45, 7) is 11.9. The predicted molar refractivity (Wildman–Crippen MR) is 149 cm³/mol. The second kappa shape index (κ2) is 12.1. The number of aromatic nitrogens is 1. The van der Waals surface area contributed by atoms with Gasteiger partial charge in [0, 0.05) is 56.6 Å². The van der Waals surface area contributed by atoms with Crippen molar-refractivity contribution in [1.29, 1.82) is 0 Å². The highest BCUT2D eigenvalue weighted by atomic mass is 16.5. The summed E-state index contributed by atoms with van der Waals surface area (Å²) in [5, 5.41) is 7.76. The van der Waals surface area contributed by atoms with Crippen LogP contribution < -0.4 is 15.0 Å². The van der Waals surface area contributed by atoms with E-state index >= 15 is 0 Å². The number of nitrogens with one attached hydrogen (secondary N) is 1. The van der Waals surface area contributed by atoms with Gasteiger partial charge in [-0.1, -0.05) is 53.2 Å². The van der Waals surface area contributed by atoms with Crippen LogP contribution in [-0.4, -0.2) is 49.3 Å². The molecule has 4 aromatic rings. The summed E-state index contributed by atoms with van der Waals surface area (Å²) in [5.74, 6) is 1.69. The molecule has 2 heterocycles. The Morgan fingerprint density at radius 3 is 2.43 bits per heavy atom. The molecule has 0 aliphatic carbocycles. The molecule has 192 valence electrons. The molecule has 0 radical (unpaired) electrons. The van der Waals surface area contributed by atoms with Crippen LogP contribution in [0.15, 0.2) is 83.4 Å². The summed E-state index contributed by atoms with van der Waals surface area (Å²) in [6.07, 6.45) is 0. The largest absolute Gasteiger partial charge is 0.489 e. The van der Waals surface area contributed by atoms with Crippen molar-refractivity contribution in [3.05, 3.63) is 101 Å².